The van der Waals surface area contributed by atoms with Gasteiger partial charge in [-0.05, 0) is 45.0 Å². The molecule has 0 radical (unpaired) electrons. The number of hydrogen-bond donors (Lipinski definition) is 3. The van der Waals surface area contributed by atoms with E-state index >= 15 is 0 Å². The van der Waals surface area contributed by atoms with Gasteiger partial charge in [0.05, 0.1) is 11.2 Å². The summed E-state index contributed by atoms with van der Waals surface area (Å²) in [7, 11) is 0. The van der Waals surface area contributed by atoms with Crippen LogP contribution in [-0.4, -0.2) is 35.9 Å². The maximum atomic E-state index is 11.7. The van der Waals surface area contributed by atoms with Crippen molar-refractivity contribution in [2.24, 2.45) is 0 Å². The van der Waals surface area contributed by atoms with Crippen LogP contribution in [0.25, 0.3) is 0 Å². The molecule has 2 amide bonds. The standard InChI is InChI=1S/C14H20N2O4/c1-4-20-14(2,3)9-15-13(19)16-11-7-5-10(6-8-11)12(17)18/h5-8H,4,9H2,1-3H3,(H,17,18)(H2,15,16,19). The SMILES string of the molecule is CCOC(C)(C)CNC(=O)Nc1ccc(C(=O)O)cc1. The van der Waals surface area contributed by atoms with Gasteiger partial charge in [0.1, 0.15) is 0 Å². The van der Waals surface area contributed by atoms with E-state index in [2.05, 4.69) is 10.6 Å². The van der Waals surface area contributed by atoms with Crippen LogP contribution in [0.4, 0.5) is 10.5 Å². The van der Waals surface area contributed by atoms with E-state index in [1.165, 1.54) is 24.3 Å². The molecular formula is C14H20N2O4. The molecule has 6 nitrogen and oxygen atoms in total. The van der Waals surface area contributed by atoms with Gasteiger partial charge < -0.3 is 20.5 Å². The zero-order valence-electron chi connectivity index (χ0n) is 11.9. The smallest absolute Gasteiger partial charge is 0.335 e. The van der Waals surface area contributed by atoms with E-state index in [4.69, 9.17) is 9.84 Å². The van der Waals surface area contributed by atoms with E-state index in [1.807, 2.05) is 20.8 Å². The van der Waals surface area contributed by atoms with Crippen LogP contribution in [-0.2, 0) is 4.74 Å². The van der Waals surface area contributed by atoms with Crippen LogP contribution in [0.2, 0.25) is 0 Å². The first-order chi connectivity index (χ1) is 9.34. The van der Waals surface area contributed by atoms with Crippen LogP contribution >= 0.6 is 0 Å². The third kappa shape index (κ3) is 5.27. The quantitative estimate of drug-likeness (QED) is 0.746. The summed E-state index contributed by atoms with van der Waals surface area (Å²) in [5, 5.41) is 14.1. The Labute approximate surface area is 118 Å². The summed E-state index contributed by atoms with van der Waals surface area (Å²) >= 11 is 0. The first-order valence-corrected chi connectivity index (χ1v) is 6.36. The molecule has 1 aromatic rings. The Morgan fingerprint density at radius 1 is 1.25 bits per heavy atom. The number of carbonyl (C=O) groups excluding carboxylic acids is 1. The minimum Gasteiger partial charge on any atom is -0.478 e. The van der Waals surface area contributed by atoms with Crippen LogP contribution in [0.5, 0.6) is 0 Å². The number of nitrogens with one attached hydrogen (secondary N) is 2. The number of carboxylic acids is 1. The van der Waals surface area contributed by atoms with Crippen molar-refractivity contribution in [1.82, 2.24) is 5.32 Å². The third-order valence-corrected chi connectivity index (χ3v) is 2.60. The molecule has 0 unspecified atom stereocenters. The molecule has 0 saturated heterocycles. The second-order valence-corrected chi connectivity index (χ2v) is 4.88. The highest BCUT2D eigenvalue weighted by molar-refractivity contribution is 5.91. The van der Waals surface area contributed by atoms with Crippen molar-refractivity contribution in [2.75, 3.05) is 18.5 Å². The fourth-order valence-electron chi connectivity index (χ4n) is 1.61. The Bertz CT molecular complexity index is 469. The monoisotopic (exact) mass is 280 g/mol. The molecule has 0 spiro atoms. The number of benzene rings is 1. The summed E-state index contributed by atoms with van der Waals surface area (Å²) < 4.78 is 5.46. The van der Waals surface area contributed by atoms with Gasteiger partial charge in [0.15, 0.2) is 0 Å². The van der Waals surface area contributed by atoms with Crippen molar-refractivity contribution in [2.45, 2.75) is 26.4 Å². The van der Waals surface area contributed by atoms with E-state index < -0.39 is 11.6 Å². The van der Waals surface area contributed by atoms with E-state index in [-0.39, 0.29) is 11.6 Å². The molecule has 0 aliphatic rings. The van der Waals surface area contributed by atoms with E-state index in [1.54, 1.807) is 0 Å². The Kier molecular flexibility index (Phi) is 5.52. The van der Waals surface area contributed by atoms with E-state index in [0.29, 0.717) is 18.8 Å². The third-order valence-electron chi connectivity index (χ3n) is 2.60. The number of amides is 2. The van der Waals surface area contributed by atoms with Crippen LogP contribution in [0, 0.1) is 0 Å². The van der Waals surface area contributed by atoms with Gasteiger partial charge in [-0.1, -0.05) is 0 Å². The molecule has 1 rings (SSSR count). The van der Waals surface area contributed by atoms with Gasteiger partial charge in [0.25, 0.3) is 0 Å². The van der Waals surface area contributed by atoms with Crippen molar-refractivity contribution >= 4 is 17.7 Å². The summed E-state index contributed by atoms with van der Waals surface area (Å²) in [6.07, 6.45) is 0. The predicted octanol–water partition coefficient (Wildman–Crippen LogP) is 2.32. The van der Waals surface area contributed by atoms with Gasteiger partial charge in [-0.3, -0.25) is 0 Å². The molecule has 1 aromatic carbocycles. The van der Waals surface area contributed by atoms with Gasteiger partial charge in [0, 0.05) is 18.8 Å². The number of anilines is 1. The first kappa shape index (κ1) is 16.0. The Morgan fingerprint density at radius 2 is 1.85 bits per heavy atom. The van der Waals surface area contributed by atoms with Crippen molar-refractivity contribution in [1.29, 1.82) is 0 Å². The van der Waals surface area contributed by atoms with E-state index in [9.17, 15) is 9.59 Å². The summed E-state index contributed by atoms with van der Waals surface area (Å²) in [5.74, 6) is -1.00. The molecule has 0 bridgehead atoms. The zero-order chi connectivity index (χ0) is 15.2. The number of rotatable bonds is 6. The second kappa shape index (κ2) is 6.91. The van der Waals surface area contributed by atoms with Crippen molar-refractivity contribution in [3.8, 4) is 0 Å². The van der Waals surface area contributed by atoms with Gasteiger partial charge >= 0.3 is 12.0 Å². The summed E-state index contributed by atoms with van der Waals surface area (Å²) in [5.41, 5.74) is 0.273. The number of urea groups is 1. The lowest BCUT2D eigenvalue weighted by molar-refractivity contribution is -0.00663. The molecule has 0 heterocycles. The maximum Gasteiger partial charge on any atom is 0.335 e. The van der Waals surface area contributed by atoms with Crippen LogP contribution in [0.1, 0.15) is 31.1 Å². The lowest BCUT2D eigenvalue weighted by Gasteiger charge is -2.24. The van der Waals surface area contributed by atoms with Gasteiger partial charge in [-0.2, -0.15) is 0 Å². The summed E-state index contributed by atoms with van der Waals surface area (Å²) in [6.45, 7) is 6.62. The number of carboxylic acid groups (broad SMARTS) is 1. The number of hydrogen-bond acceptors (Lipinski definition) is 3. The highest BCUT2D eigenvalue weighted by Gasteiger charge is 2.18. The largest absolute Gasteiger partial charge is 0.478 e. The zero-order valence-corrected chi connectivity index (χ0v) is 11.9. The maximum absolute atomic E-state index is 11.7. The Balaban J connectivity index is 2.48. The minimum absolute atomic E-state index is 0.174. The van der Waals surface area contributed by atoms with Crippen molar-refractivity contribution in [3.63, 3.8) is 0 Å². The van der Waals surface area contributed by atoms with E-state index in [0.717, 1.165) is 0 Å². The summed E-state index contributed by atoms with van der Waals surface area (Å²) in [6, 6.07) is 5.58. The molecule has 20 heavy (non-hydrogen) atoms. The Hall–Kier alpha value is -2.08. The van der Waals surface area contributed by atoms with Crippen LogP contribution in [0.15, 0.2) is 24.3 Å². The van der Waals surface area contributed by atoms with Crippen LogP contribution < -0.4 is 10.6 Å². The molecule has 0 aliphatic carbocycles. The highest BCUT2D eigenvalue weighted by Crippen LogP contribution is 2.10. The molecular weight excluding hydrogens is 260 g/mol. The second-order valence-electron chi connectivity index (χ2n) is 4.88. The molecule has 0 saturated carbocycles. The number of carbonyl (C=O) groups is 2. The van der Waals surface area contributed by atoms with Crippen LogP contribution in [0.3, 0.4) is 0 Å². The molecule has 6 heteroatoms. The van der Waals surface area contributed by atoms with Gasteiger partial charge in [-0.15, -0.1) is 0 Å². The molecule has 0 atom stereocenters. The molecule has 110 valence electrons. The Morgan fingerprint density at radius 3 is 2.35 bits per heavy atom. The topological polar surface area (TPSA) is 87.7 Å². The van der Waals surface area contributed by atoms with Crippen molar-refractivity contribution < 1.29 is 19.4 Å². The average molecular weight is 280 g/mol. The molecule has 0 fully saturated rings. The van der Waals surface area contributed by atoms with Gasteiger partial charge in [0.2, 0.25) is 0 Å². The normalized spacial score (nSPS) is 10.9. The summed E-state index contributed by atoms with van der Waals surface area (Å²) in [4.78, 5) is 22.4. The lowest BCUT2D eigenvalue weighted by atomic mass is 10.1. The molecule has 3 N–H and O–H groups in total. The van der Waals surface area contributed by atoms with Crippen molar-refractivity contribution in [3.05, 3.63) is 29.8 Å². The first-order valence-electron chi connectivity index (χ1n) is 6.36. The lowest BCUT2D eigenvalue weighted by Crippen LogP contribution is -2.42. The fraction of sp³-hybridized carbons (Fsp3) is 0.429. The fourth-order valence-corrected chi connectivity index (χ4v) is 1.61. The highest BCUT2D eigenvalue weighted by atomic mass is 16.5. The van der Waals surface area contributed by atoms with Gasteiger partial charge in [-0.25, -0.2) is 9.59 Å². The average Bonchev–Trinajstić information content (AvgIpc) is 2.37. The number of ether oxygens (including phenoxy) is 1. The minimum atomic E-state index is -1.00. The predicted molar refractivity (Wildman–Crippen MR) is 76.1 cm³/mol. The molecule has 0 aromatic heterocycles. The molecule has 0 aliphatic heterocycles. The number of aromatic carboxylic acids is 1.